The first-order chi connectivity index (χ1) is 48.5. The number of carbonyl (C=O) groups is 12. The van der Waals surface area contributed by atoms with Crippen molar-refractivity contribution < 1.29 is 87.8 Å². The molecule has 0 saturated carbocycles. The quantitative estimate of drug-likeness (QED) is 0.0371. The van der Waals surface area contributed by atoms with E-state index in [4.69, 9.17) is 21.9 Å². The summed E-state index contributed by atoms with van der Waals surface area (Å²) in [6.07, 6.45) is -10.5. The number of aliphatic hydroxyl groups is 4. The molecule has 0 spiro atoms. The Bertz CT molecular complexity index is 3570. The number of hydrogen-bond acceptors (Lipinski definition) is 21. The van der Waals surface area contributed by atoms with Crippen LogP contribution in [0.1, 0.15) is 101 Å². The number of phenolic OH excluding ortho intramolecular Hbond substituents is 1. The first-order valence-corrected chi connectivity index (χ1v) is 33.9. The molecule has 3 saturated heterocycles. The number of amides is 12. The number of rotatable bonds is 21. The highest BCUT2D eigenvalue weighted by molar-refractivity contribution is 6.01. The van der Waals surface area contributed by atoms with Crippen LogP contribution in [0.5, 0.6) is 5.75 Å². The molecule has 12 amide bonds. The van der Waals surface area contributed by atoms with Gasteiger partial charge in [-0.3, -0.25) is 57.5 Å². The molecule has 7 rings (SSSR count). The van der Waals surface area contributed by atoms with Crippen LogP contribution < -0.4 is 65.1 Å². The van der Waals surface area contributed by atoms with Crippen LogP contribution in [0.15, 0.2) is 91.1 Å². The largest absolute Gasteiger partial charge is 0.508 e. The van der Waals surface area contributed by atoms with Crippen LogP contribution in [-0.2, 0) is 94.5 Å². The lowest BCUT2D eigenvalue weighted by Crippen LogP contribution is -2.62. The van der Waals surface area contributed by atoms with E-state index in [-0.39, 0.29) is 81.8 Å². The minimum absolute atomic E-state index is 0.00763. The van der Waals surface area contributed by atoms with Gasteiger partial charge in [-0.05, 0) is 85.7 Å². The molecule has 34 heteroatoms. The molecule has 554 valence electrons. The molecule has 1 aromatic heterocycles. The maximum atomic E-state index is 15.2. The molecule has 20 N–H and O–H groups in total. The van der Waals surface area contributed by atoms with E-state index < -0.39 is 200 Å². The normalized spacial score (nSPS) is 27.4. The van der Waals surface area contributed by atoms with Crippen LogP contribution in [0, 0.1) is 11.8 Å². The Hall–Kier alpha value is -10.0. The minimum atomic E-state index is -2.01. The van der Waals surface area contributed by atoms with Crippen molar-refractivity contribution in [1.82, 2.24) is 67.7 Å². The van der Waals surface area contributed by atoms with Gasteiger partial charge >= 0.3 is 0 Å². The molecule has 3 aliphatic heterocycles. The van der Waals surface area contributed by atoms with Crippen LogP contribution in [0.3, 0.4) is 0 Å². The summed E-state index contributed by atoms with van der Waals surface area (Å²) in [5.41, 5.74) is 18.5. The number of carbonyl (C=O) groups excluding carboxylic acids is 12. The minimum Gasteiger partial charge on any atom is -0.508 e. The fourth-order valence-electron chi connectivity index (χ4n) is 12.1. The lowest BCUT2D eigenvalue weighted by molar-refractivity contribution is -0.284. The predicted molar refractivity (Wildman–Crippen MR) is 362 cm³/mol. The molecule has 0 aliphatic carbocycles. The fourth-order valence-corrected chi connectivity index (χ4v) is 12.1. The van der Waals surface area contributed by atoms with Crippen molar-refractivity contribution in [2.45, 2.75) is 202 Å². The summed E-state index contributed by atoms with van der Waals surface area (Å²) >= 11 is 0. The third kappa shape index (κ3) is 23.0. The zero-order chi connectivity index (χ0) is 74.5. The van der Waals surface area contributed by atoms with Crippen molar-refractivity contribution in [3.8, 4) is 5.75 Å². The second kappa shape index (κ2) is 37.6. The maximum Gasteiger partial charge on any atom is 0.246 e. The highest BCUT2D eigenvalue weighted by atomic mass is 16.6. The van der Waals surface area contributed by atoms with E-state index >= 15 is 14.4 Å². The Morgan fingerprint density at radius 1 is 0.549 bits per heavy atom. The molecule has 3 aliphatic rings. The van der Waals surface area contributed by atoms with Gasteiger partial charge in [-0.25, -0.2) is 4.68 Å². The number of benzene rings is 3. The zero-order valence-corrected chi connectivity index (χ0v) is 57.1. The average Bonchev–Trinajstić information content (AvgIpc) is 1.53. The molecular weight excluding hydrogens is 1330 g/mol. The van der Waals surface area contributed by atoms with Gasteiger partial charge in [0.05, 0.1) is 18.7 Å². The van der Waals surface area contributed by atoms with E-state index in [0.717, 1.165) is 4.68 Å². The number of nitrogens with one attached hydrogen (secondary N) is 9. The van der Waals surface area contributed by atoms with Crippen LogP contribution in [0.2, 0.25) is 0 Å². The highest BCUT2D eigenvalue weighted by Crippen LogP contribution is 2.24. The number of aliphatic hydroxyl groups excluding tert-OH is 4. The molecule has 4 heterocycles. The maximum absolute atomic E-state index is 15.2. The number of nitrogens with two attached hydrogens (primary N) is 3. The predicted octanol–water partition coefficient (Wildman–Crippen LogP) is -5.00. The van der Waals surface area contributed by atoms with Crippen LogP contribution in [-0.4, -0.2) is 221 Å². The molecule has 34 nitrogen and oxygen atoms in total. The topological polar surface area (TPSA) is 536 Å². The summed E-state index contributed by atoms with van der Waals surface area (Å²) in [4.78, 5) is 175. The molecule has 15 atom stereocenters. The number of ether oxygens (including phenoxy) is 1. The van der Waals surface area contributed by atoms with E-state index in [1.165, 1.54) is 35.4 Å². The van der Waals surface area contributed by atoms with E-state index in [1.807, 2.05) is 0 Å². The molecule has 0 bridgehead atoms. The zero-order valence-electron chi connectivity index (χ0n) is 57.1. The van der Waals surface area contributed by atoms with Gasteiger partial charge < -0.3 is 100 Å². The summed E-state index contributed by atoms with van der Waals surface area (Å²) in [5.74, 6) is -13.0. The lowest BCUT2D eigenvalue weighted by atomic mass is 9.99. The van der Waals surface area contributed by atoms with Gasteiger partial charge in [0.1, 0.15) is 90.6 Å². The third-order valence-electron chi connectivity index (χ3n) is 17.6. The Morgan fingerprint density at radius 2 is 1.03 bits per heavy atom. The van der Waals surface area contributed by atoms with Crippen molar-refractivity contribution >= 4 is 70.9 Å². The second-order valence-corrected chi connectivity index (χ2v) is 26.6. The molecule has 102 heavy (non-hydrogen) atoms. The van der Waals surface area contributed by atoms with Crippen molar-refractivity contribution in [3.63, 3.8) is 0 Å². The van der Waals surface area contributed by atoms with E-state index in [2.05, 4.69) is 58.2 Å². The number of aromatic hydroxyl groups is 1. The average molecular weight is 1420 g/mol. The molecule has 4 aromatic rings. The molecule has 1 unspecified atom stereocenters. The Kier molecular flexibility index (Phi) is 29.2. The van der Waals surface area contributed by atoms with Crippen molar-refractivity contribution in [3.05, 3.63) is 114 Å². The molecular formula is C68H94N16O18. The Balaban J connectivity index is 1.33. The first kappa shape index (κ1) is 79.3. The van der Waals surface area contributed by atoms with Gasteiger partial charge in [-0.2, -0.15) is 0 Å². The summed E-state index contributed by atoms with van der Waals surface area (Å²) in [6, 6.07) is 6.77. The van der Waals surface area contributed by atoms with Gasteiger partial charge in [-0.1, -0.05) is 106 Å². The van der Waals surface area contributed by atoms with Gasteiger partial charge in [-0.15, -0.1) is 5.10 Å². The summed E-state index contributed by atoms with van der Waals surface area (Å²) in [6.45, 7) is 6.42. The van der Waals surface area contributed by atoms with Crippen molar-refractivity contribution in [2.24, 2.45) is 29.0 Å². The number of primary amides is 2. The van der Waals surface area contributed by atoms with Gasteiger partial charge in [0.15, 0.2) is 6.29 Å². The number of hydrogen-bond donors (Lipinski definition) is 17. The van der Waals surface area contributed by atoms with Crippen LogP contribution in [0.25, 0.3) is 0 Å². The second-order valence-electron chi connectivity index (χ2n) is 26.6. The van der Waals surface area contributed by atoms with Crippen LogP contribution >= 0.6 is 0 Å². The van der Waals surface area contributed by atoms with Gasteiger partial charge in [0.25, 0.3) is 0 Å². The lowest BCUT2D eigenvalue weighted by Gasteiger charge is -2.38. The standard InChI is InChI=1S/C68H94N16O18/c1-35(2)27-44-60(93)79-49(30-38-15-9-6-10-16-38)67(100)84-26-12-18-50(84)65(98)78-45(28-37-13-7-5-8-14-37)61(94)76-47(31-40-33-83(82-81-40)34-51-55(88)56(89)57(90)68(101)102-51)62(95)77-48(32-53(71)87)63(96)72-43(23-24-52(70)86)59(92)75-46(29-39-19-21-41(85)22-20-39)64(97)80-54(36(3)4)66(99)73-42(17-11-25-69)58(91)74-44/h5-10,13-16,19-22,33,35-36,42-51,54-57,68,85,88-90,101H,11-12,17-18,23-32,34,69H2,1-4H3,(H2,70,86)(H2,71,87)(H,72,96)(H,73,99)(H,74,91)(H,75,92)(H,76,94)(H,77,95)(H,78,98)(H,79,93)(H,80,97)/t42-,43-,44-,45-,46-,47+,48-,49+,50-,51+,54-,55+,56-,57+,68?/m0/s1. The highest BCUT2D eigenvalue weighted by Gasteiger charge is 2.45. The van der Waals surface area contributed by atoms with Crippen molar-refractivity contribution in [2.75, 3.05) is 13.1 Å². The molecule has 3 fully saturated rings. The number of fused-ring (bicyclic) bond motifs is 1. The Morgan fingerprint density at radius 3 is 1.60 bits per heavy atom. The number of nitrogens with zero attached hydrogens (tertiary/aromatic N) is 4. The van der Waals surface area contributed by atoms with E-state index in [1.54, 1.807) is 88.4 Å². The fraction of sp³-hybridized carbons (Fsp3) is 0.529. The Labute approximate surface area is 588 Å². The summed E-state index contributed by atoms with van der Waals surface area (Å²) < 4.78 is 6.40. The molecule has 0 radical (unpaired) electrons. The van der Waals surface area contributed by atoms with Crippen LogP contribution in [0.4, 0.5) is 0 Å². The van der Waals surface area contributed by atoms with Crippen molar-refractivity contribution in [1.29, 1.82) is 0 Å². The summed E-state index contributed by atoms with van der Waals surface area (Å²) in [7, 11) is 0. The third-order valence-corrected chi connectivity index (χ3v) is 17.6. The SMILES string of the molecule is CC(C)C[C@@H]1NC(=O)[C@H](CCCN)NC(=O)[C@H](C(C)C)NC(=O)[C@H](Cc2ccc(O)cc2)NC(=O)[C@H](CCC(N)=O)NC(=O)[C@H](CC(N)=O)NC(=O)[C@@H](Cc2cn(C[C@H]3OC(O)[C@H](O)[C@@H](O)[C@@H]3O)nn2)NC(=O)[C@H](Cc2ccccc2)NC(=O)[C@@H]2CCCN2C(=O)[C@@H](Cc2ccccc2)NC1=O. The smallest absolute Gasteiger partial charge is 0.246 e. The number of aromatic nitrogens is 3. The molecule has 3 aromatic carbocycles. The van der Waals surface area contributed by atoms with E-state index in [9.17, 15) is 68.7 Å². The summed E-state index contributed by atoms with van der Waals surface area (Å²) in [5, 5.41) is 83.5. The van der Waals surface area contributed by atoms with E-state index in [0.29, 0.717) is 16.7 Å². The van der Waals surface area contributed by atoms with Gasteiger partial charge in [0, 0.05) is 44.8 Å². The first-order valence-electron chi connectivity index (χ1n) is 33.9. The van der Waals surface area contributed by atoms with Gasteiger partial charge in [0.2, 0.25) is 70.9 Å². The number of phenols is 1. The monoisotopic (exact) mass is 1420 g/mol.